The van der Waals surface area contributed by atoms with Crippen molar-refractivity contribution in [1.82, 2.24) is 4.90 Å². The van der Waals surface area contributed by atoms with Gasteiger partial charge in [-0.25, -0.2) is 4.79 Å². The van der Waals surface area contributed by atoms with Crippen LogP contribution in [0.3, 0.4) is 0 Å². The first kappa shape index (κ1) is 9.06. The number of amides is 2. The van der Waals surface area contributed by atoms with Gasteiger partial charge in [0.2, 0.25) is 0 Å². The Labute approximate surface area is 83.9 Å². The molecule has 0 fully saturated rings. The smallest absolute Gasteiger partial charge is 0.323 e. The van der Waals surface area contributed by atoms with Crippen molar-refractivity contribution in [3.8, 4) is 0 Å². The van der Waals surface area contributed by atoms with E-state index in [1.807, 2.05) is 26.2 Å². The zero-order valence-corrected chi connectivity index (χ0v) is 8.74. The molecule has 0 atom stereocenters. The van der Waals surface area contributed by atoms with Crippen molar-refractivity contribution in [3.05, 3.63) is 29.3 Å². The predicted molar refractivity (Wildman–Crippen MR) is 56.4 cm³/mol. The summed E-state index contributed by atoms with van der Waals surface area (Å²) in [6.45, 7) is 2.79. The van der Waals surface area contributed by atoms with Crippen LogP contribution in [0.25, 0.3) is 0 Å². The molecule has 3 heteroatoms. The van der Waals surface area contributed by atoms with E-state index in [1.165, 1.54) is 11.1 Å². The lowest BCUT2D eigenvalue weighted by molar-refractivity contribution is 0.212. The Morgan fingerprint density at radius 2 is 2.00 bits per heavy atom. The van der Waals surface area contributed by atoms with Gasteiger partial charge in [-0.3, -0.25) is 4.90 Å². The molecular formula is C11H14N2O. The minimum atomic E-state index is 0.0584. The summed E-state index contributed by atoms with van der Waals surface area (Å²) in [4.78, 5) is 15.1. The molecule has 1 heterocycles. The fourth-order valence-electron chi connectivity index (χ4n) is 1.87. The Morgan fingerprint density at radius 1 is 1.29 bits per heavy atom. The molecule has 74 valence electrons. The van der Waals surface area contributed by atoms with E-state index in [9.17, 15) is 4.79 Å². The summed E-state index contributed by atoms with van der Waals surface area (Å²) in [5, 5.41) is 0. The van der Waals surface area contributed by atoms with Crippen molar-refractivity contribution >= 4 is 11.7 Å². The molecule has 2 amide bonds. The molecule has 0 spiro atoms. The van der Waals surface area contributed by atoms with Crippen molar-refractivity contribution in [2.45, 2.75) is 13.5 Å². The highest BCUT2D eigenvalue weighted by Gasteiger charge is 2.25. The fraction of sp³-hybridized carbons (Fsp3) is 0.364. The summed E-state index contributed by atoms with van der Waals surface area (Å²) in [7, 11) is 3.64. The number of carbonyl (C=O) groups is 1. The monoisotopic (exact) mass is 190 g/mol. The van der Waals surface area contributed by atoms with Crippen LogP contribution in [-0.4, -0.2) is 25.0 Å². The largest absolute Gasteiger partial charge is 0.324 e. The first-order valence-electron chi connectivity index (χ1n) is 4.68. The van der Waals surface area contributed by atoms with Gasteiger partial charge in [-0.15, -0.1) is 0 Å². The molecule has 0 N–H and O–H groups in total. The molecule has 0 saturated carbocycles. The number of hydrogen-bond acceptors (Lipinski definition) is 1. The molecule has 1 aromatic rings. The lowest BCUT2D eigenvalue weighted by atomic mass is 10.0. The van der Waals surface area contributed by atoms with E-state index in [2.05, 4.69) is 13.0 Å². The van der Waals surface area contributed by atoms with Crippen molar-refractivity contribution in [2.24, 2.45) is 0 Å². The molecule has 14 heavy (non-hydrogen) atoms. The molecule has 0 aromatic heterocycles. The van der Waals surface area contributed by atoms with Crippen LogP contribution in [0.1, 0.15) is 11.1 Å². The third-order valence-corrected chi connectivity index (χ3v) is 2.76. The first-order chi connectivity index (χ1) is 6.61. The summed E-state index contributed by atoms with van der Waals surface area (Å²) >= 11 is 0. The fourth-order valence-corrected chi connectivity index (χ4v) is 1.87. The number of carbonyl (C=O) groups excluding carboxylic acids is 1. The Balaban J connectivity index is 2.56. The van der Waals surface area contributed by atoms with Gasteiger partial charge in [0.25, 0.3) is 0 Å². The number of nitrogens with zero attached hydrogens (tertiary/aromatic N) is 2. The van der Waals surface area contributed by atoms with Crippen molar-refractivity contribution in [1.29, 1.82) is 0 Å². The highest BCUT2D eigenvalue weighted by atomic mass is 16.2. The molecular weight excluding hydrogens is 176 g/mol. The van der Waals surface area contributed by atoms with Gasteiger partial charge in [0.1, 0.15) is 0 Å². The maximum absolute atomic E-state index is 11.7. The predicted octanol–water partition coefficient (Wildman–Crippen LogP) is 2.00. The van der Waals surface area contributed by atoms with Crippen LogP contribution >= 0.6 is 0 Å². The van der Waals surface area contributed by atoms with Crippen LogP contribution in [0.15, 0.2) is 18.2 Å². The average Bonchev–Trinajstić information content (AvgIpc) is 2.17. The van der Waals surface area contributed by atoms with E-state index in [-0.39, 0.29) is 6.03 Å². The maximum Gasteiger partial charge on any atom is 0.324 e. The Bertz CT molecular complexity index is 387. The third-order valence-electron chi connectivity index (χ3n) is 2.76. The number of rotatable bonds is 0. The number of urea groups is 1. The third kappa shape index (κ3) is 1.16. The van der Waals surface area contributed by atoms with Gasteiger partial charge in [-0.1, -0.05) is 12.1 Å². The van der Waals surface area contributed by atoms with Crippen LogP contribution in [0.2, 0.25) is 0 Å². The molecule has 1 aliphatic rings. The van der Waals surface area contributed by atoms with Crippen LogP contribution in [-0.2, 0) is 6.54 Å². The van der Waals surface area contributed by atoms with E-state index in [0.29, 0.717) is 6.54 Å². The summed E-state index contributed by atoms with van der Waals surface area (Å²) in [5.41, 5.74) is 3.53. The van der Waals surface area contributed by atoms with Crippen LogP contribution in [0, 0.1) is 6.92 Å². The molecule has 0 unspecified atom stereocenters. The zero-order valence-electron chi connectivity index (χ0n) is 8.74. The van der Waals surface area contributed by atoms with E-state index >= 15 is 0 Å². The zero-order chi connectivity index (χ0) is 10.3. The molecule has 1 aliphatic heterocycles. The van der Waals surface area contributed by atoms with Gasteiger partial charge >= 0.3 is 6.03 Å². The van der Waals surface area contributed by atoms with Crippen LogP contribution in [0.4, 0.5) is 10.5 Å². The standard InChI is InChI=1S/C11H14N2O/c1-8-5-4-6-10-9(8)7-12(2)11(14)13(10)3/h4-6H,7H2,1-3H3. The maximum atomic E-state index is 11.7. The van der Waals surface area contributed by atoms with Gasteiger partial charge in [0.05, 0.1) is 5.69 Å². The summed E-state index contributed by atoms with van der Waals surface area (Å²) < 4.78 is 0. The van der Waals surface area contributed by atoms with Crippen molar-refractivity contribution in [2.75, 3.05) is 19.0 Å². The van der Waals surface area contributed by atoms with Gasteiger partial charge in [0, 0.05) is 20.6 Å². The molecule has 2 rings (SSSR count). The van der Waals surface area contributed by atoms with Gasteiger partial charge < -0.3 is 4.90 Å². The number of hydrogen-bond donors (Lipinski definition) is 0. The second-order valence-corrected chi connectivity index (χ2v) is 3.77. The lowest BCUT2D eigenvalue weighted by Crippen LogP contribution is -2.43. The number of aryl methyl sites for hydroxylation is 1. The van der Waals surface area contributed by atoms with E-state index in [4.69, 9.17) is 0 Å². The second kappa shape index (κ2) is 3.01. The summed E-state index contributed by atoms with van der Waals surface area (Å²) in [5.74, 6) is 0. The molecule has 0 bridgehead atoms. The molecule has 3 nitrogen and oxygen atoms in total. The van der Waals surface area contributed by atoms with E-state index in [0.717, 1.165) is 5.69 Å². The second-order valence-electron chi connectivity index (χ2n) is 3.77. The Morgan fingerprint density at radius 3 is 2.71 bits per heavy atom. The normalized spacial score (nSPS) is 15.8. The highest BCUT2D eigenvalue weighted by molar-refractivity contribution is 5.94. The Kier molecular flexibility index (Phi) is 1.95. The summed E-state index contributed by atoms with van der Waals surface area (Å²) in [6, 6.07) is 6.12. The van der Waals surface area contributed by atoms with Gasteiger partial charge in [0.15, 0.2) is 0 Å². The molecule has 0 radical (unpaired) electrons. The van der Waals surface area contributed by atoms with Crippen molar-refractivity contribution in [3.63, 3.8) is 0 Å². The number of anilines is 1. The first-order valence-corrected chi connectivity index (χ1v) is 4.68. The van der Waals surface area contributed by atoms with Crippen molar-refractivity contribution < 1.29 is 4.79 Å². The minimum absolute atomic E-state index is 0.0584. The average molecular weight is 190 g/mol. The topological polar surface area (TPSA) is 23.6 Å². The van der Waals surface area contributed by atoms with Gasteiger partial charge in [-0.05, 0) is 24.1 Å². The summed E-state index contributed by atoms with van der Waals surface area (Å²) in [6.07, 6.45) is 0. The lowest BCUT2D eigenvalue weighted by Gasteiger charge is -2.33. The van der Waals surface area contributed by atoms with Crippen LogP contribution < -0.4 is 4.90 Å². The number of fused-ring (bicyclic) bond motifs is 1. The molecule has 1 aromatic carbocycles. The molecule has 0 aliphatic carbocycles. The Hall–Kier alpha value is -1.51. The van der Waals surface area contributed by atoms with E-state index in [1.54, 1.807) is 9.80 Å². The highest BCUT2D eigenvalue weighted by Crippen LogP contribution is 2.28. The van der Waals surface area contributed by atoms with Crippen LogP contribution in [0.5, 0.6) is 0 Å². The quantitative estimate of drug-likeness (QED) is 0.613. The SMILES string of the molecule is Cc1cccc2c1CN(C)C(=O)N2C. The van der Waals surface area contributed by atoms with Gasteiger partial charge in [-0.2, -0.15) is 0 Å². The van der Waals surface area contributed by atoms with E-state index < -0.39 is 0 Å². The molecule has 0 saturated heterocycles. The number of benzene rings is 1. The minimum Gasteiger partial charge on any atom is -0.323 e.